The highest BCUT2D eigenvalue weighted by Crippen LogP contribution is 2.28. The summed E-state index contributed by atoms with van der Waals surface area (Å²) in [6, 6.07) is 10.7. The maximum absolute atomic E-state index is 14.1. The molecule has 19 heavy (non-hydrogen) atoms. The molecule has 2 rings (SSSR count). The number of nitrogens with two attached hydrogens (primary N) is 1. The molecule has 0 radical (unpaired) electrons. The Balaban J connectivity index is 2.52. The quantitative estimate of drug-likeness (QED) is 0.667. The molecular formula is C15H16BrFN2. The van der Waals surface area contributed by atoms with E-state index in [0.29, 0.717) is 10.0 Å². The van der Waals surface area contributed by atoms with Crippen LogP contribution in [0.3, 0.4) is 0 Å². The van der Waals surface area contributed by atoms with Gasteiger partial charge in [-0.15, -0.1) is 0 Å². The van der Waals surface area contributed by atoms with Crippen LogP contribution in [0, 0.1) is 19.7 Å². The predicted octanol–water partition coefficient (Wildman–Crippen LogP) is 3.76. The molecule has 1 atom stereocenters. The van der Waals surface area contributed by atoms with Crippen LogP contribution in [0.1, 0.15) is 28.3 Å². The predicted molar refractivity (Wildman–Crippen MR) is 79.2 cm³/mol. The molecule has 0 saturated carbocycles. The van der Waals surface area contributed by atoms with E-state index < -0.39 is 0 Å². The molecule has 0 aliphatic heterocycles. The lowest BCUT2D eigenvalue weighted by atomic mass is 9.94. The zero-order valence-corrected chi connectivity index (χ0v) is 12.5. The first-order valence-electron chi connectivity index (χ1n) is 6.01. The van der Waals surface area contributed by atoms with Gasteiger partial charge in [0.05, 0.1) is 6.04 Å². The van der Waals surface area contributed by atoms with Crippen molar-refractivity contribution in [3.63, 3.8) is 0 Å². The van der Waals surface area contributed by atoms with Crippen LogP contribution >= 0.6 is 15.9 Å². The average Bonchev–Trinajstić information content (AvgIpc) is 2.36. The lowest BCUT2D eigenvalue weighted by Crippen LogP contribution is -2.30. The largest absolute Gasteiger partial charge is 0.271 e. The van der Waals surface area contributed by atoms with Crippen molar-refractivity contribution in [1.29, 1.82) is 0 Å². The second-order valence-corrected chi connectivity index (χ2v) is 5.54. The number of aryl methyl sites for hydroxylation is 2. The van der Waals surface area contributed by atoms with Gasteiger partial charge in [-0.25, -0.2) is 9.82 Å². The molecule has 0 heterocycles. The van der Waals surface area contributed by atoms with Gasteiger partial charge in [-0.1, -0.05) is 45.8 Å². The van der Waals surface area contributed by atoms with E-state index in [1.807, 2.05) is 38.1 Å². The van der Waals surface area contributed by atoms with Crippen LogP contribution in [-0.2, 0) is 0 Å². The van der Waals surface area contributed by atoms with Crippen molar-refractivity contribution in [2.45, 2.75) is 19.9 Å². The first kappa shape index (κ1) is 14.2. The Morgan fingerprint density at radius 3 is 2.47 bits per heavy atom. The summed E-state index contributed by atoms with van der Waals surface area (Å²) in [5.74, 6) is 5.35. The fraction of sp³-hybridized carbons (Fsp3) is 0.200. The third kappa shape index (κ3) is 3.03. The molecule has 2 nitrogen and oxygen atoms in total. The highest BCUT2D eigenvalue weighted by atomic mass is 79.9. The van der Waals surface area contributed by atoms with Gasteiger partial charge < -0.3 is 0 Å². The van der Waals surface area contributed by atoms with Crippen LogP contribution in [-0.4, -0.2) is 0 Å². The molecule has 4 heteroatoms. The summed E-state index contributed by atoms with van der Waals surface area (Å²) < 4.78 is 14.8. The van der Waals surface area contributed by atoms with Crippen molar-refractivity contribution >= 4 is 15.9 Å². The summed E-state index contributed by atoms with van der Waals surface area (Å²) in [4.78, 5) is 0. The Kier molecular flexibility index (Phi) is 4.34. The molecule has 0 aliphatic carbocycles. The molecule has 1 unspecified atom stereocenters. The van der Waals surface area contributed by atoms with Crippen LogP contribution in [0.25, 0.3) is 0 Å². The number of rotatable bonds is 3. The molecule has 3 N–H and O–H groups in total. The third-order valence-corrected chi connectivity index (χ3v) is 3.68. The highest BCUT2D eigenvalue weighted by Gasteiger charge is 2.18. The summed E-state index contributed by atoms with van der Waals surface area (Å²) in [6.45, 7) is 4.00. The van der Waals surface area contributed by atoms with Gasteiger partial charge >= 0.3 is 0 Å². The lowest BCUT2D eigenvalue weighted by molar-refractivity contribution is 0.558. The Bertz CT molecular complexity index is 599. The van der Waals surface area contributed by atoms with Gasteiger partial charge in [0.1, 0.15) is 5.82 Å². The van der Waals surface area contributed by atoms with Crippen LogP contribution in [0.2, 0.25) is 0 Å². The summed E-state index contributed by atoms with van der Waals surface area (Å²) in [5, 5.41) is 0. The fourth-order valence-corrected chi connectivity index (χ4v) is 2.49. The molecule has 0 saturated heterocycles. The number of hydrazine groups is 1. The summed E-state index contributed by atoms with van der Waals surface area (Å²) in [7, 11) is 0. The Morgan fingerprint density at radius 2 is 1.84 bits per heavy atom. The lowest BCUT2D eigenvalue weighted by Gasteiger charge is -2.20. The maximum atomic E-state index is 14.1. The second kappa shape index (κ2) is 5.82. The van der Waals surface area contributed by atoms with Crippen molar-refractivity contribution in [3.8, 4) is 0 Å². The molecular weight excluding hydrogens is 307 g/mol. The molecule has 2 aromatic rings. The van der Waals surface area contributed by atoms with Gasteiger partial charge in [-0.2, -0.15) is 0 Å². The van der Waals surface area contributed by atoms with Gasteiger partial charge in [-0.05, 0) is 37.1 Å². The monoisotopic (exact) mass is 322 g/mol. The van der Waals surface area contributed by atoms with Gasteiger partial charge in [0, 0.05) is 10.0 Å². The van der Waals surface area contributed by atoms with Gasteiger partial charge in [0.2, 0.25) is 0 Å². The van der Waals surface area contributed by atoms with Crippen molar-refractivity contribution in [1.82, 2.24) is 5.43 Å². The van der Waals surface area contributed by atoms with Crippen LogP contribution < -0.4 is 11.3 Å². The first-order chi connectivity index (χ1) is 9.02. The van der Waals surface area contributed by atoms with E-state index in [9.17, 15) is 4.39 Å². The van der Waals surface area contributed by atoms with E-state index in [4.69, 9.17) is 5.84 Å². The molecule has 0 spiro atoms. The van der Waals surface area contributed by atoms with E-state index in [1.165, 1.54) is 6.07 Å². The number of hydrogen-bond donors (Lipinski definition) is 2. The van der Waals surface area contributed by atoms with E-state index >= 15 is 0 Å². The summed E-state index contributed by atoms with van der Waals surface area (Å²) in [6.07, 6.45) is 0. The Labute approximate surface area is 120 Å². The Hall–Kier alpha value is -1.23. The first-order valence-corrected chi connectivity index (χ1v) is 6.80. The zero-order chi connectivity index (χ0) is 14.0. The number of nitrogens with one attached hydrogen (secondary N) is 1. The average molecular weight is 323 g/mol. The van der Waals surface area contributed by atoms with Gasteiger partial charge in [-0.3, -0.25) is 5.84 Å². The molecule has 0 fully saturated rings. The highest BCUT2D eigenvalue weighted by molar-refractivity contribution is 9.10. The van der Waals surface area contributed by atoms with Crippen LogP contribution in [0.15, 0.2) is 40.9 Å². The maximum Gasteiger partial charge on any atom is 0.129 e. The van der Waals surface area contributed by atoms with Crippen molar-refractivity contribution in [2.24, 2.45) is 5.84 Å². The minimum Gasteiger partial charge on any atom is -0.271 e. The van der Waals surface area contributed by atoms with Gasteiger partial charge in [0.15, 0.2) is 0 Å². The number of halogens is 2. The smallest absolute Gasteiger partial charge is 0.129 e. The zero-order valence-electron chi connectivity index (χ0n) is 10.9. The summed E-state index contributed by atoms with van der Waals surface area (Å²) >= 11 is 3.26. The minimum absolute atomic E-state index is 0.279. The minimum atomic E-state index is -0.354. The topological polar surface area (TPSA) is 38.0 Å². The summed E-state index contributed by atoms with van der Waals surface area (Å²) in [5.41, 5.74) is 6.44. The van der Waals surface area contributed by atoms with Crippen LogP contribution in [0.5, 0.6) is 0 Å². The number of hydrogen-bond acceptors (Lipinski definition) is 2. The van der Waals surface area contributed by atoms with Crippen LogP contribution in [0.4, 0.5) is 4.39 Å². The molecule has 100 valence electrons. The van der Waals surface area contributed by atoms with E-state index in [-0.39, 0.29) is 11.9 Å². The molecule has 2 aromatic carbocycles. The SMILES string of the molecule is Cc1ccc(C)c(C(NN)c2ccc(Br)cc2F)c1. The van der Waals surface area contributed by atoms with Crippen molar-refractivity contribution in [3.05, 3.63) is 68.9 Å². The molecule has 0 aromatic heterocycles. The fourth-order valence-electron chi connectivity index (χ4n) is 2.15. The molecule has 0 bridgehead atoms. The second-order valence-electron chi connectivity index (χ2n) is 4.63. The van der Waals surface area contributed by atoms with E-state index in [1.54, 1.807) is 6.07 Å². The molecule has 0 amide bonds. The van der Waals surface area contributed by atoms with Crippen molar-refractivity contribution < 1.29 is 4.39 Å². The van der Waals surface area contributed by atoms with E-state index in [0.717, 1.165) is 16.7 Å². The van der Waals surface area contributed by atoms with E-state index in [2.05, 4.69) is 21.4 Å². The standard InChI is InChI=1S/C15H16BrFN2/c1-9-3-4-10(2)13(7-9)15(19-18)12-6-5-11(16)8-14(12)17/h3-8,15,19H,18H2,1-2H3. The van der Waals surface area contributed by atoms with Crippen molar-refractivity contribution in [2.75, 3.05) is 0 Å². The number of benzene rings is 2. The molecule has 0 aliphatic rings. The Morgan fingerprint density at radius 1 is 1.11 bits per heavy atom. The van der Waals surface area contributed by atoms with Gasteiger partial charge in [0.25, 0.3) is 0 Å². The normalized spacial score (nSPS) is 12.5. The third-order valence-electron chi connectivity index (χ3n) is 3.19.